The first-order valence-corrected chi connectivity index (χ1v) is 6.45. The summed E-state index contributed by atoms with van der Waals surface area (Å²) in [5, 5.41) is 2.61. The number of nitrogens with one attached hydrogen (secondary N) is 2. The van der Waals surface area contributed by atoms with Crippen molar-refractivity contribution in [3.63, 3.8) is 0 Å². The lowest BCUT2D eigenvalue weighted by atomic mass is 10.1. The van der Waals surface area contributed by atoms with E-state index in [2.05, 4.69) is 10.3 Å². The van der Waals surface area contributed by atoms with Crippen LogP contribution in [0.15, 0.2) is 17.2 Å². The first-order valence-electron chi connectivity index (χ1n) is 6.45. The normalized spacial score (nSPS) is 10.9. The Morgan fingerprint density at radius 1 is 1.40 bits per heavy atom. The summed E-state index contributed by atoms with van der Waals surface area (Å²) >= 11 is 0. The zero-order valence-electron chi connectivity index (χ0n) is 12.0. The van der Waals surface area contributed by atoms with E-state index < -0.39 is 11.7 Å². The SMILES string of the molecule is CC(C)(C)OC(=O)NCCCc1c[nH]cc(C=O)c1=O. The number of aryl methyl sites for hydroxylation is 1. The third-order valence-electron chi connectivity index (χ3n) is 2.47. The van der Waals surface area contributed by atoms with E-state index in [9.17, 15) is 14.4 Å². The van der Waals surface area contributed by atoms with Crippen molar-refractivity contribution in [2.75, 3.05) is 6.54 Å². The van der Waals surface area contributed by atoms with Crippen LogP contribution in [0, 0.1) is 0 Å². The van der Waals surface area contributed by atoms with Gasteiger partial charge in [-0.2, -0.15) is 0 Å². The third-order valence-corrected chi connectivity index (χ3v) is 2.47. The second-order valence-corrected chi connectivity index (χ2v) is 5.42. The number of hydrogen-bond acceptors (Lipinski definition) is 4. The molecule has 1 rings (SSSR count). The standard InChI is InChI=1S/C14H20N2O4/c1-14(2,3)20-13(19)16-6-4-5-10-7-15-8-11(9-17)12(10)18/h7-9H,4-6H2,1-3H3,(H,15,18)(H,16,19). The van der Waals surface area contributed by atoms with E-state index in [4.69, 9.17) is 4.74 Å². The van der Waals surface area contributed by atoms with Crippen molar-refractivity contribution in [1.82, 2.24) is 10.3 Å². The molecule has 0 unspecified atom stereocenters. The van der Waals surface area contributed by atoms with Crippen LogP contribution in [0.5, 0.6) is 0 Å². The molecule has 0 saturated carbocycles. The van der Waals surface area contributed by atoms with Crippen LogP contribution >= 0.6 is 0 Å². The summed E-state index contributed by atoms with van der Waals surface area (Å²) in [4.78, 5) is 36.5. The molecule has 0 aromatic carbocycles. The van der Waals surface area contributed by atoms with Gasteiger partial charge in [-0.1, -0.05) is 0 Å². The molecule has 1 amide bonds. The highest BCUT2D eigenvalue weighted by molar-refractivity contribution is 5.74. The Morgan fingerprint density at radius 2 is 2.10 bits per heavy atom. The minimum atomic E-state index is -0.528. The van der Waals surface area contributed by atoms with E-state index in [1.54, 1.807) is 27.0 Å². The zero-order chi connectivity index (χ0) is 15.2. The molecule has 0 aliphatic carbocycles. The number of H-pyrrole nitrogens is 1. The van der Waals surface area contributed by atoms with E-state index >= 15 is 0 Å². The van der Waals surface area contributed by atoms with Gasteiger partial charge in [-0.3, -0.25) is 9.59 Å². The van der Waals surface area contributed by atoms with Crippen molar-refractivity contribution < 1.29 is 14.3 Å². The molecule has 2 N–H and O–H groups in total. The molecule has 6 nitrogen and oxygen atoms in total. The first kappa shape index (κ1) is 15.9. The molecular weight excluding hydrogens is 260 g/mol. The Hall–Kier alpha value is -2.11. The van der Waals surface area contributed by atoms with E-state index in [-0.39, 0.29) is 11.0 Å². The second-order valence-electron chi connectivity index (χ2n) is 5.42. The number of carbonyl (C=O) groups is 2. The Balaban J connectivity index is 2.41. The van der Waals surface area contributed by atoms with E-state index in [1.165, 1.54) is 6.20 Å². The average Bonchev–Trinajstić information content (AvgIpc) is 2.34. The Bertz CT molecular complexity index is 529. The number of hydrogen-bond donors (Lipinski definition) is 2. The molecule has 0 radical (unpaired) electrons. The molecule has 1 aromatic heterocycles. The molecule has 0 aliphatic heterocycles. The molecule has 0 spiro atoms. The fourth-order valence-electron chi connectivity index (χ4n) is 1.61. The predicted molar refractivity (Wildman–Crippen MR) is 75.0 cm³/mol. The predicted octanol–water partition coefficient (Wildman–Crippen LogP) is 1.64. The molecule has 6 heteroatoms. The van der Waals surface area contributed by atoms with Gasteiger partial charge in [0.2, 0.25) is 0 Å². The number of ether oxygens (including phenoxy) is 1. The van der Waals surface area contributed by atoms with Crippen LogP contribution in [0.3, 0.4) is 0 Å². The van der Waals surface area contributed by atoms with Crippen molar-refractivity contribution >= 4 is 12.4 Å². The quantitative estimate of drug-likeness (QED) is 0.634. The Kier molecular flexibility index (Phi) is 5.49. The second kappa shape index (κ2) is 6.88. The van der Waals surface area contributed by atoms with E-state index in [0.29, 0.717) is 31.2 Å². The number of carbonyl (C=O) groups excluding carboxylic acids is 2. The fraction of sp³-hybridized carbons (Fsp3) is 0.500. The molecule has 0 aliphatic rings. The van der Waals surface area contributed by atoms with Gasteiger partial charge >= 0.3 is 6.09 Å². The van der Waals surface area contributed by atoms with Gasteiger partial charge in [0.05, 0.1) is 5.56 Å². The number of aldehydes is 1. The average molecular weight is 280 g/mol. The number of amides is 1. The number of rotatable bonds is 5. The molecule has 20 heavy (non-hydrogen) atoms. The van der Waals surface area contributed by atoms with Crippen LogP contribution in [0.4, 0.5) is 4.79 Å². The van der Waals surface area contributed by atoms with Crippen LogP contribution in [0.25, 0.3) is 0 Å². The molecule has 0 bridgehead atoms. The van der Waals surface area contributed by atoms with Crippen molar-refractivity contribution in [3.05, 3.63) is 33.7 Å². The molecule has 1 aromatic rings. The maximum Gasteiger partial charge on any atom is 0.407 e. The number of pyridine rings is 1. The largest absolute Gasteiger partial charge is 0.444 e. The summed E-state index contributed by atoms with van der Waals surface area (Å²) in [7, 11) is 0. The van der Waals surface area contributed by atoms with Crippen molar-refractivity contribution in [1.29, 1.82) is 0 Å². The van der Waals surface area contributed by atoms with Crippen molar-refractivity contribution in [3.8, 4) is 0 Å². The first-order chi connectivity index (χ1) is 9.33. The van der Waals surface area contributed by atoms with Crippen LogP contribution in [0.2, 0.25) is 0 Å². The third kappa shape index (κ3) is 5.26. The lowest BCUT2D eigenvalue weighted by Gasteiger charge is -2.19. The summed E-state index contributed by atoms with van der Waals surface area (Å²) < 4.78 is 5.09. The van der Waals surface area contributed by atoms with Gasteiger partial charge in [0.25, 0.3) is 0 Å². The van der Waals surface area contributed by atoms with Gasteiger partial charge in [0.15, 0.2) is 11.7 Å². The summed E-state index contributed by atoms with van der Waals surface area (Å²) in [6.07, 6.45) is 4.06. The van der Waals surface area contributed by atoms with Crippen molar-refractivity contribution in [2.45, 2.75) is 39.2 Å². The fourth-order valence-corrected chi connectivity index (χ4v) is 1.61. The summed E-state index contributed by atoms with van der Waals surface area (Å²) in [6, 6.07) is 0. The maximum atomic E-state index is 11.8. The summed E-state index contributed by atoms with van der Waals surface area (Å²) in [5.74, 6) is 0. The minimum absolute atomic E-state index is 0.114. The monoisotopic (exact) mass is 280 g/mol. The van der Waals surface area contributed by atoms with Gasteiger partial charge in [-0.25, -0.2) is 4.79 Å². The molecule has 110 valence electrons. The topological polar surface area (TPSA) is 88.3 Å². The highest BCUT2D eigenvalue weighted by Crippen LogP contribution is 2.06. The van der Waals surface area contributed by atoms with Crippen LogP contribution in [-0.2, 0) is 11.2 Å². The molecular formula is C14H20N2O4. The lowest BCUT2D eigenvalue weighted by Crippen LogP contribution is -2.33. The van der Waals surface area contributed by atoms with Gasteiger partial charge in [-0.15, -0.1) is 0 Å². The number of aromatic nitrogens is 1. The number of aromatic amines is 1. The number of alkyl carbamates (subject to hydrolysis) is 1. The molecule has 0 saturated heterocycles. The summed E-state index contributed by atoms with van der Waals surface area (Å²) in [6.45, 7) is 5.77. The van der Waals surface area contributed by atoms with Crippen LogP contribution in [-0.4, -0.2) is 29.5 Å². The van der Waals surface area contributed by atoms with Crippen LogP contribution in [0.1, 0.15) is 43.1 Å². The van der Waals surface area contributed by atoms with E-state index in [1.807, 2.05) is 0 Å². The summed E-state index contributed by atoms with van der Waals surface area (Å²) in [5.41, 5.74) is -0.154. The highest BCUT2D eigenvalue weighted by Gasteiger charge is 2.15. The van der Waals surface area contributed by atoms with Gasteiger partial charge in [0.1, 0.15) is 5.60 Å². The molecule has 1 heterocycles. The maximum absolute atomic E-state index is 11.8. The highest BCUT2D eigenvalue weighted by atomic mass is 16.6. The van der Waals surface area contributed by atoms with Gasteiger partial charge in [0, 0.05) is 24.5 Å². The minimum Gasteiger partial charge on any atom is -0.444 e. The molecule has 0 fully saturated rings. The molecule has 0 atom stereocenters. The lowest BCUT2D eigenvalue weighted by molar-refractivity contribution is 0.0527. The Morgan fingerprint density at radius 3 is 2.70 bits per heavy atom. The van der Waals surface area contributed by atoms with E-state index in [0.717, 1.165) is 0 Å². The van der Waals surface area contributed by atoms with Crippen molar-refractivity contribution in [2.24, 2.45) is 0 Å². The smallest absolute Gasteiger partial charge is 0.407 e. The van der Waals surface area contributed by atoms with Gasteiger partial charge < -0.3 is 15.0 Å². The Labute approximate surface area is 117 Å². The van der Waals surface area contributed by atoms with Gasteiger partial charge in [-0.05, 0) is 33.6 Å². The zero-order valence-corrected chi connectivity index (χ0v) is 12.0. The van der Waals surface area contributed by atoms with Crippen LogP contribution < -0.4 is 10.7 Å².